The van der Waals surface area contributed by atoms with Crippen LogP contribution < -0.4 is 10.6 Å². The Morgan fingerprint density at radius 3 is 2.53 bits per heavy atom. The zero-order chi connectivity index (χ0) is 12.7. The van der Waals surface area contributed by atoms with Crippen LogP contribution in [0.15, 0.2) is 0 Å². The third-order valence-corrected chi connectivity index (χ3v) is 2.90. The smallest absolute Gasteiger partial charge is 0.220 e. The minimum Gasteiger partial charge on any atom is -0.356 e. The van der Waals surface area contributed by atoms with Gasteiger partial charge in [-0.1, -0.05) is 20.8 Å². The van der Waals surface area contributed by atoms with Gasteiger partial charge in [-0.3, -0.25) is 4.79 Å². The van der Waals surface area contributed by atoms with E-state index in [-0.39, 0.29) is 11.3 Å². The molecule has 4 nitrogen and oxygen atoms in total. The molecule has 0 aliphatic carbocycles. The van der Waals surface area contributed by atoms with E-state index in [0.717, 1.165) is 45.7 Å². The highest BCUT2D eigenvalue weighted by atomic mass is 16.1. The van der Waals surface area contributed by atoms with Crippen LogP contribution in [0, 0.1) is 5.41 Å². The zero-order valence-corrected chi connectivity index (χ0v) is 11.5. The second kappa shape index (κ2) is 6.97. The molecule has 0 aromatic carbocycles. The lowest BCUT2D eigenvalue weighted by Crippen LogP contribution is -2.44. The Morgan fingerprint density at radius 1 is 1.29 bits per heavy atom. The van der Waals surface area contributed by atoms with Crippen LogP contribution in [0.2, 0.25) is 0 Å². The molecule has 0 radical (unpaired) electrons. The van der Waals surface area contributed by atoms with Gasteiger partial charge in [-0.2, -0.15) is 0 Å². The second-order valence-electron chi connectivity index (χ2n) is 6.03. The number of amides is 1. The highest BCUT2D eigenvalue weighted by Crippen LogP contribution is 2.10. The highest BCUT2D eigenvalue weighted by molar-refractivity contribution is 5.75. The standard InChI is InChI=1S/C13H27N3O/c1-13(2,3)11-15-12(17)5-4-8-16-9-6-14-7-10-16/h14H,4-11H2,1-3H3,(H,15,17). The molecule has 0 spiro atoms. The first-order chi connectivity index (χ1) is 7.97. The van der Waals surface area contributed by atoms with Crippen LogP contribution in [0.1, 0.15) is 33.6 Å². The number of carbonyl (C=O) groups is 1. The Morgan fingerprint density at radius 2 is 1.94 bits per heavy atom. The highest BCUT2D eigenvalue weighted by Gasteiger charge is 2.13. The second-order valence-corrected chi connectivity index (χ2v) is 6.03. The lowest BCUT2D eigenvalue weighted by molar-refractivity contribution is -0.121. The maximum absolute atomic E-state index is 11.6. The predicted molar refractivity (Wildman–Crippen MR) is 71.0 cm³/mol. The molecular weight excluding hydrogens is 214 g/mol. The molecule has 1 fully saturated rings. The molecule has 1 aliphatic rings. The van der Waals surface area contributed by atoms with Crippen molar-refractivity contribution in [2.45, 2.75) is 33.6 Å². The Balaban J connectivity index is 2.03. The Labute approximate surface area is 105 Å². The average Bonchev–Trinajstić information content (AvgIpc) is 2.27. The fourth-order valence-electron chi connectivity index (χ4n) is 1.85. The number of hydrogen-bond donors (Lipinski definition) is 2. The van der Waals surface area contributed by atoms with Crippen LogP contribution >= 0.6 is 0 Å². The summed E-state index contributed by atoms with van der Waals surface area (Å²) in [6, 6.07) is 0. The van der Waals surface area contributed by atoms with Crippen molar-refractivity contribution in [3.05, 3.63) is 0 Å². The number of piperazine rings is 1. The Bertz CT molecular complexity index is 229. The molecular formula is C13H27N3O. The first-order valence-electron chi connectivity index (χ1n) is 6.67. The van der Waals surface area contributed by atoms with Crippen LogP contribution in [0.4, 0.5) is 0 Å². The number of nitrogens with one attached hydrogen (secondary N) is 2. The van der Waals surface area contributed by atoms with Gasteiger partial charge < -0.3 is 15.5 Å². The molecule has 2 N–H and O–H groups in total. The molecule has 0 saturated carbocycles. The van der Waals surface area contributed by atoms with Crippen molar-refractivity contribution in [1.29, 1.82) is 0 Å². The summed E-state index contributed by atoms with van der Waals surface area (Å²) in [5.74, 6) is 0.190. The van der Waals surface area contributed by atoms with Crippen LogP contribution in [-0.4, -0.2) is 50.1 Å². The predicted octanol–water partition coefficient (Wildman–Crippen LogP) is 0.834. The SMILES string of the molecule is CC(C)(C)CNC(=O)CCCN1CCNCC1. The van der Waals surface area contributed by atoms with Crippen molar-refractivity contribution in [3.63, 3.8) is 0 Å². The van der Waals surface area contributed by atoms with E-state index in [2.05, 4.69) is 36.3 Å². The minimum absolute atomic E-state index is 0.175. The molecule has 1 saturated heterocycles. The van der Waals surface area contributed by atoms with Gasteiger partial charge in [0.25, 0.3) is 0 Å². The lowest BCUT2D eigenvalue weighted by Gasteiger charge is -2.27. The number of nitrogens with zero attached hydrogens (tertiary/aromatic N) is 1. The normalized spacial score (nSPS) is 18.1. The van der Waals surface area contributed by atoms with Crippen molar-refractivity contribution in [2.24, 2.45) is 5.41 Å². The number of rotatable bonds is 5. The van der Waals surface area contributed by atoms with Gasteiger partial charge in [0.05, 0.1) is 0 Å². The molecule has 1 aliphatic heterocycles. The Kier molecular flexibility index (Phi) is 5.92. The van der Waals surface area contributed by atoms with E-state index in [1.165, 1.54) is 0 Å². The fourth-order valence-corrected chi connectivity index (χ4v) is 1.85. The first kappa shape index (κ1) is 14.5. The molecule has 1 amide bonds. The minimum atomic E-state index is 0.175. The summed E-state index contributed by atoms with van der Waals surface area (Å²) in [6.07, 6.45) is 1.62. The molecule has 4 heteroatoms. The number of hydrogen-bond acceptors (Lipinski definition) is 3. The maximum Gasteiger partial charge on any atom is 0.220 e. The van der Waals surface area contributed by atoms with E-state index in [1.807, 2.05) is 0 Å². The molecule has 0 aromatic heterocycles. The van der Waals surface area contributed by atoms with E-state index >= 15 is 0 Å². The third kappa shape index (κ3) is 7.34. The van der Waals surface area contributed by atoms with E-state index in [1.54, 1.807) is 0 Å². The topological polar surface area (TPSA) is 44.4 Å². The van der Waals surface area contributed by atoms with E-state index in [0.29, 0.717) is 6.42 Å². The van der Waals surface area contributed by atoms with Crippen molar-refractivity contribution >= 4 is 5.91 Å². The Hall–Kier alpha value is -0.610. The van der Waals surface area contributed by atoms with Crippen molar-refractivity contribution in [2.75, 3.05) is 39.3 Å². The molecule has 0 bridgehead atoms. The monoisotopic (exact) mass is 241 g/mol. The van der Waals surface area contributed by atoms with Crippen LogP contribution in [-0.2, 0) is 4.79 Å². The van der Waals surface area contributed by atoms with Crippen molar-refractivity contribution in [3.8, 4) is 0 Å². The summed E-state index contributed by atoms with van der Waals surface area (Å²) in [5.41, 5.74) is 0.175. The van der Waals surface area contributed by atoms with Gasteiger partial charge in [-0.25, -0.2) is 0 Å². The molecule has 0 aromatic rings. The third-order valence-electron chi connectivity index (χ3n) is 2.90. The molecule has 17 heavy (non-hydrogen) atoms. The van der Waals surface area contributed by atoms with E-state index < -0.39 is 0 Å². The van der Waals surface area contributed by atoms with Gasteiger partial charge in [0.1, 0.15) is 0 Å². The summed E-state index contributed by atoms with van der Waals surface area (Å²) in [4.78, 5) is 14.0. The van der Waals surface area contributed by atoms with Crippen molar-refractivity contribution < 1.29 is 4.79 Å². The maximum atomic E-state index is 11.6. The van der Waals surface area contributed by atoms with Gasteiger partial charge in [-0.05, 0) is 18.4 Å². The summed E-state index contributed by atoms with van der Waals surface area (Å²) in [5, 5.41) is 6.32. The summed E-state index contributed by atoms with van der Waals surface area (Å²) in [6.45, 7) is 12.6. The molecule has 100 valence electrons. The lowest BCUT2D eigenvalue weighted by atomic mass is 9.97. The zero-order valence-electron chi connectivity index (χ0n) is 11.5. The first-order valence-corrected chi connectivity index (χ1v) is 6.67. The van der Waals surface area contributed by atoms with E-state index in [4.69, 9.17) is 0 Å². The van der Waals surface area contributed by atoms with Gasteiger partial charge in [-0.15, -0.1) is 0 Å². The van der Waals surface area contributed by atoms with Crippen LogP contribution in [0.3, 0.4) is 0 Å². The van der Waals surface area contributed by atoms with Gasteiger partial charge in [0.15, 0.2) is 0 Å². The quantitative estimate of drug-likeness (QED) is 0.749. The molecule has 1 rings (SSSR count). The van der Waals surface area contributed by atoms with Crippen LogP contribution in [0.5, 0.6) is 0 Å². The summed E-state index contributed by atoms with van der Waals surface area (Å²) >= 11 is 0. The molecule has 0 unspecified atom stereocenters. The van der Waals surface area contributed by atoms with Crippen molar-refractivity contribution in [1.82, 2.24) is 15.5 Å². The summed E-state index contributed by atoms with van der Waals surface area (Å²) < 4.78 is 0. The van der Waals surface area contributed by atoms with Crippen LogP contribution in [0.25, 0.3) is 0 Å². The van der Waals surface area contributed by atoms with Gasteiger partial charge in [0, 0.05) is 39.1 Å². The largest absolute Gasteiger partial charge is 0.356 e. The molecule has 0 atom stereocenters. The summed E-state index contributed by atoms with van der Waals surface area (Å²) in [7, 11) is 0. The van der Waals surface area contributed by atoms with Gasteiger partial charge >= 0.3 is 0 Å². The fraction of sp³-hybridized carbons (Fsp3) is 0.923. The molecule has 1 heterocycles. The average molecular weight is 241 g/mol. The van der Waals surface area contributed by atoms with E-state index in [9.17, 15) is 4.79 Å². The number of carbonyl (C=O) groups excluding carboxylic acids is 1. The van der Waals surface area contributed by atoms with Gasteiger partial charge in [0.2, 0.25) is 5.91 Å².